The van der Waals surface area contributed by atoms with Crippen LogP contribution in [-0.2, 0) is 47.6 Å². The van der Waals surface area contributed by atoms with E-state index >= 15 is 0 Å². The number of esters is 1. The summed E-state index contributed by atoms with van der Waals surface area (Å²) in [6, 6.07) is 4.83. The van der Waals surface area contributed by atoms with Crippen molar-refractivity contribution in [3.05, 3.63) is 58.2 Å². The maximum atomic E-state index is 14.5. The Bertz CT molecular complexity index is 1900. The highest BCUT2D eigenvalue weighted by atomic mass is 16.7. The molecule has 1 aromatic rings. The smallest absolute Gasteiger partial charge is 0.329 e. The van der Waals surface area contributed by atoms with E-state index in [9.17, 15) is 34.5 Å². The van der Waals surface area contributed by atoms with E-state index in [4.69, 9.17) is 28.4 Å². The monoisotopic (exact) mass is 940 g/mol. The highest BCUT2D eigenvalue weighted by Crippen LogP contribution is 2.39. The molecule has 1 aromatic carbocycles. The lowest BCUT2D eigenvalue weighted by Gasteiger charge is -2.47. The molecule has 2 saturated heterocycles. The lowest BCUT2D eigenvalue weighted by molar-refractivity contribution is -0.302. The number of methoxy groups -OCH3 is 3. The average molecular weight is 940 g/mol. The quantitative estimate of drug-likeness (QED) is 0.126. The number of carbonyl (C=O) groups excluding carboxylic acids is 4. The number of Topliss-reactive ketones (excluding diaryl/α,β-unsaturated/α-hetero) is 2. The zero-order chi connectivity index (χ0) is 49.3. The number of benzene rings is 1. The topological polar surface area (TPSA) is 188 Å². The van der Waals surface area contributed by atoms with Crippen LogP contribution in [0.25, 0.3) is 0 Å². The van der Waals surface area contributed by atoms with E-state index in [-0.39, 0.29) is 62.2 Å². The van der Waals surface area contributed by atoms with Crippen LogP contribution in [0.5, 0.6) is 0 Å². The van der Waals surface area contributed by atoms with Gasteiger partial charge in [-0.1, -0.05) is 74.7 Å². The number of nitrogens with zero attached hydrogens (tertiary/aromatic N) is 1. The summed E-state index contributed by atoms with van der Waals surface area (Å²) in [5.74, 6) is -7.62. The molecule has 1 amide bonds. The van der Waals surface area contributed by atoms with Gasteiger partial charge >= 0.3 is 5.97 Å². The Hall–Kier alpha value is -3.34. The molecule has 14 nitrogen and oxygen atoms in total. The fraction of sp³-hybridized carbons (Fsp3) is 0.736. The van der Waals surface area contributed by atoms with Crippen LogP contribution in [0.3, 0.4) is 0 Å². The summed E-state index contributed by atoms with van der Waals surface area (Å²) in [5.41, 5.74) is 4.59. The van der Waals surface area contributed by atoms with Crippen LogP contribution in [0.4, 0.5) is 0 Å². The van der Waals surface area contributed by atoms with E-state index in [0.29, 0.717) is 56.9 Å². The predicted molar refractivity (Wildman–Crippen MR) is 253 cm³/mol. The molecule has 3 fully saturated rings. The molecule has 15 atom stereocenters. The van der Waals surface area contributed by atoms with Gasteiger partial charge in [-0.15, -0.1) is 0 Å². The van der Waals surface area contributed by atoms with Crippen molar-refractivity contribution >= 4 is 23.4 Å². The number of ether oxygens (including phenoxy) is 6. The summed E-state index contributed by atoms with van der Waals surface area (Å²) in [6.45, 7) is 15.4. The molecule has 0 spiro atoms. The van der Waals surface area contributed by atoms with Gasteiger partial charge in [0.05, 0.1) is 37.1 Å². The van der Waals surface area contributed by atoms with Gasteiger partial charge in [-0.05, 0) is 115 Å². The molecule has 3 aliphatic heterocycles. The number of aliphatic hydroxyl groups is 3. The lowest BCUT2D eigenvalue weighted by Crippen LogP contribution is -2.64. The Kier molecular flexibility index (Phi) is 19.9. The van der Waals surface area contributed by atoms with Crippen LogP contribution < -0.4 is 0 Å². The van der Waals surface area contributed by atoms with E-state index in [2.05, 4.69) is 13.0 Å². The van der Waals surface area contributed by atoms with Crippen LogP contribution in [0.1, 0.15) is 135 Å². The number of fused-ring (bicyclic) bond motifs is 3. The summed E-state index contributed by atoms with van der Waals surface area (Å²) in [7, 11) is 4.71. The summed E-state index contributed by atoms with van der Waals surface area (Å²) in [6.07, 6.45) is 3.38. The second-order valence-corrected chi connectivity index (χ2v) is 20.4. The SMILES string of the molecule is CC[C@@H]1/C=C(\C)C[C@H](C)C[C@H](OC)[C@H]2O[C@@](O)(C(=O)C(=O)N3CCCC[C@H]3C(=O)O[C@H](/C(C)=C/C3CC[C@@H](OC[C@H](O)c4cc(C)cc(C)c4)[C@H](OC)C3)[C@H](C)[C@H](O)CC1=O)[C@H](C)C[C@@H]2OC. The second-order valence-electron chi connectivity index (χ2n) is 20.4. The molecule has 4 aliphatic rings. The first-order valence-electron chi connectivity index (χ1n) is 24.7. The number of carbonyl (C=O) groups is 4. The molecule has 2 bridgehead atoms. The van der Waals surface area contributed by atoms with Gasteiger partial charge in [0, 0.05) is 52.0 Å². The molecule has 14 heteroatoms. The Balaban J connectivity index is 1.45. The molecule has 1 aliphatic carbocycles. The Morgan fingerprint density at radius 2 is 1.54 bits per heavy atom. The fourth-order valence-corrected chi connectivity index (χ4v) is 11.1. The van der Waals surface area contributed by atoms with Gasteiger partial charge in [-0.25, -0.2) is 4.79 Å². The third kappa shape index (κ3) is 13.5. The fourth-order valence-electron chi connectivity index (χ4n) is 11.1. The Morgan fingerprint density at radius 1 is 0.881 bits per heavy atom. The minimum atomic E-state index is -2.52. The highest BCUT2D eigenvalue weighted by molar-refractivity contribution is 6.39. The van der Waals surface area contributed by atoms with Gasteiger partial charge < -0.3 is 48.6 Å². The molecule has 3 N–H and O–H groups in total. The van der Waals surface area contributed by atoms with Gasteiger partial charge in [-0.2, -0.15) is 0 Å². The maximum absolute atomic E-state index is 14.5. The van der Waals surface area contributed by atoms with Crippen molar-refractivity contribution in [2.45, 2.75) is 187 Å². The van der Waals surface area contributed by atoms with Crippen molar-refractivity contribution in [1.82, 2.24) is 4.90 Å². The normalized spacial score (nSPS) is 37.2. The molecule has 1 unspecified atom stereocenters. The van der Waals surface area contributed by atoms with Gasteiger partial charge in [0.15, 0.2) is 0 Å². The summed E-state index contributed by atoms with van der Waals surface area (Å²) in [4.78, 5) is 58.5. The lowest BCUT2D eigenvalue weighted by atomic mass is 9.81. The van der Waals surface area contributed by atoms with Crippen LogP contribution >= 0.6 is 0 Å². The first kappa shape index (κ1) is 54.6. The van der Waals surface area contributed by atoms with Crippen molar-refractivity contribution in [2.24, 2.45) is 29.6 Å². The summed E-state index contributed by atoms with van der Waals surface area (Å²) >= 11 is 0. The first-order valence-corrected chi connectivity index (χ1v) is 24.7. The summed E-state index contributed by atoms with van der Waals surface area (Å²) < 4.78 is 36.7. The number of allylic oxidation sites excluding steroid dienone is 3. The van der Waals surface area contributed by atoms with Gasteiger partial charge in [0.1, 0.15) is 30.1 Å². The number of aryl methyl sites for hydroxylation is 2. The van der Waals surface area contributed by atoms with Gasteiger partial charge in [0.2, 0.25) is 5.79 Å². The van der Waals surface area contributed by atoms with Crippen LogP contribution in [0, 0.1) is 43.4 Å². The van der Waals surface area contributed by atoms with Crippen molar-refractivity contribution < 1.29 is 62.9 Å². The zero-order valence-electron chi connectivity index (χ0n) is 42.0. The van der Waals surface area contributed by atoms with Crippen LogP contribution in [-0.4, -0.2) is 133 Å². The highest BCUT2D eigenvalue weighted by Gasteiger charge is 2.56. The molecule has 1 saturated carbocycles. The van der Waals surface area contributed by atoms with E-state index in [0.717, 1.165) is 22.3 Å². The molecule has 67 heavy (non-hydrogen) atoms. The zero-order valence-corrected chi connectivity index (χ0v) is 42.0. The van der Waals surface area contributed by atoms with E-state index < -0.39 is 83.9 Å². The number of hydrogen-bond acceptors (Lipinski definition) is 13. The van der Waals surface area contributed by atoms with Crippen molar-refractivity contribution in [1.29, 1.82) is 0 Å². The number of piperidine rings is 1. The number of amides is 1. The van der Waals surface area contributed by atoms with Crippen molar-refractivity contribution in [2.75, 3.05) is 34.5 Å². The third-order valence-corrected chi connectivity index (χ3v) is 15.0. The number of rotatable bonds is 10. The van der Waals surface area contributed by atoms with E-state index in [1.54, 1.807) is 21.0 Å². The Morgan fingerprint density at radius 3 is 2.18 bits per heavy atom. The standard InChI is InChI=1S/C53H81NO13/c1-12-38-21-30(2)20-33(5)24-46(63-10)49-47(64-11)26-35(7)53(61,67-49)50(58)51(59)54-18-14-13-15-40(54)52(60)66-48(36(8)41(55)28-42(38)56)34(6)25-37-16-17-44(45(27-37)62-9)65-29-43(57)39-22-31(3)19-32(4)23-39/h19,21-23,25,33,35-38,40-41,43-49,55,57,61H,12-18,20,24,26-29H2,1-11H3/b30-21+,34-25+/t33-,35+,36+,37?,38+,40-,41+,43-,44+,45+,46-,47-,48+,49+,53+/m0/s1. The minimum absolute atomic E-state index is 0.0215. The molecule has 3 heterocycles. The molecule has 376 valence electrons. The predicted octanol–water partition coefficient (Wildman–Crippen LogP) is 6.85. The molecular formula is C53H81NO13. The third-order valence-electron chi connectivity index (χ3n) is 15.0. The first-order chi connectivity index (χ1) is 31.7. The van der Waals surface area contributed by atoms with Crippen molar-refractivity contribution in [3.63, 3.8) is 0 Å². The molecule has 0 aromatic heterocycles. The largest absolute Gasteiger partial charge is 0.456 e. The van der Waals surface area contributed by atoms with E-state index in [1.165, 1.54) is 19.1 Å². The second kappa shape index (κ2) is 24.5. The van der Waals surface area contributed by atoms with Crippen molar-refractivity contribution in [3.8, 4) is 0 Å². The Labute approximate surface area is 399 Å². The maximum Gasteiger partial charge on any atom is 0.329 e. The average Bonchev–Trinajstić information content (AvgIpc) is 3.30. The van der Waals surface area contributed by atoms with E-state index in [1.807, 2.05) is 58.9 Å². The molecule has 0 radical (unpaired) electrons. The molecule has 5 rings (SSSR count). The number of hydrogen-bond donors (Lipinski definition) is 3. The van der Waals surface area contributed by atoms with Crippen LogP contribution in [0.15, 0.2) is 41.5 Å². The number of aliphatic hydroxyl groups excluding tert-OH is 2. The summed E-state index contributed by atoms with van der Waals surface area (Å²) in [5, 5.41) is 35.0. The molecular weight excluding hydrogens is 859 g/mol. The van der Waals surface area contributed by atoms with Gasteiger partial charge in [0.25, 0.3) is 11.7 Å². The van der Waals surface area contributed by atoms with Crippen LogP contribution in [0.2, 0.25) is 0 Å². The number of ketones is 2. The van der Waals surface area contributed by atoms with Gasteiger partial charge in [-0.3, -0.25) is 14.4 Å². The minimum Gasteiger partial charge on any atom is -0.456 e. The number of cyclic esters (lactones) is 1.